The van der Waals surface area contributed by atoms with Crippen LogP contribution in [0.3, 0.4) is 0 Å². The Morgan fingerprint density at radius 1 is 1.40 bits per heavy atom. The lowest BCUT2D eigenvalue weighted by atomic mass is 10.0. The van der Waals surface area contributed by atoms with E-state index in [4.69, 9.17) is 5.73 Å². The summed E-state index contributed by atoms with van der Waals surface area (Å²) < 4.78 is 0. The molecule has 15 heavy (non-hydrogen) atoms. The van der Waals surface area contributed by atoms with Crippen LogP contribution in [0.2, 0.25) is 0 Å². The first-order valence-corrected chi connectivity index (χ1v) is 5.03. The molecular weight excluding hydrogens is 188 g/mol. The molecular formula is C12H18N2O. The molecule has 1 amide bonds. The van der Waals surface area contributed by atoms with Crippen molar-refractivity contribution in [2.45, 2.75) is 32.7 Å². The SMILES string of the molecule is Cc1ccccc1NC(=O)CC(C)(C)N. The molecule has 1 rings (SSSR count). The van der Waals surface area contributed by atoms with Crippen molar-refractivity contribution in [2.75, 3.05) is 5.32 Å². The zero-order chi connectivity index (χ0) is 11.5. The van der Waals surface area contributed by atoms with E-state index in [1.54, 1.807) is 0 Å². The molecule has 0 saturated heterocycles. The van der Waals surface area contributed by atoms with Gasteiger partial charge < -0.3 is 11.1 Å². The lowest BCUT2D eigenvalue weighted by Crippen LogP contribution is -2.36. The maximum Gasteiger partial charge on any atom is 0.226 e. The standard InChI is InChI=1S/C12H18N2O/c1-9-6-4-5-7-10(9)14-11(15)8-12(2,3)13/h4-7H,8,13H2,1-3H3,(H,14,15). The molecule has 0 saturated carbocycles. The van der Waals surface area contributed by atoms with Gasteiger partial charge in [0.05, 0.1) is 0 Å². The number of benzene rings is 1. The number of aryl methyl sites for hydroxylation is 1. The zero-order valence-electron chi connectivity index (χ0n) is 9.50. The van der Waals surface area contributed by atoms with Crippen molar-refractivity contribution >= 4 is 11.6 Å². The predicted octanol–water partition coefficient (Wildman–Crippen LogP) is 2.06. The topological polar surface area (TPSA) is 55.1 Å². The van der Waals surface area contributed by atoms with Gasteiger partial charge >= 0.3 is 0 Å². The fourth-order valence-electron chi connectivity index (χ4n) is 1.32. The van der Waals surface area contributed by atoms with Crippen molar-refractivity contribution in [3.63, 3.8) is 0 Å². The van der Waals surface area contributed by atoms with E-state index >= 15 is 0 Å². The van der Waals surface area contributed by atoms with Gasteiger partial charge in [0.15, 0.2) is 0 Å². The van der Waals surface area contributed by atoms with Gasteiger partial charge in [-0.1, -0.05) is 18.2 Å². The summed E-state index contributed by atoms with van der Waals surface area (Å²) >= 11 is 0. The van der Waals surface area contributed by atoms with Crippen LogP contribution in [0, 0.1) is 6.92 Å². The normalized spacial score (nSPS) is 11.2. The van der Waals surface area contributed by atoms with Crippen molar-refractivity contribution < 1.29 is 4.79 Å². The number of rotatable bonds is 3. The minimum absolute atomic E-state index is 0.0446. The second kappa shape index (κ2) is 4.45. The number of para-hydroxylation sites is 1. The van der Waals surface area contributed by atoms with E-state index in [-0.39, 0.29) is 5.91 Å². The predicted molar refractivity (Wildman–Crippen MR) is 62.7 cm³/mol. The van der Waals surface area contributed by atoms with Crippen LogP contribution in [-0.4, -0.2) is 11.4 Å². The van der Waals surface area contributed by atoms with E-state index < -0.39 is 5.54 Å². The average molecular weight is 206 g/mol. The van der Waals surface area contributed by atoms with Crippen molar-refractivity contribution in [1.82, 2.24) is 0 Å². The van der Waals surface area contributed by atoms with Gasteiger partial charge in [-0.25, -0.2) is 0 Å². The highest BCUT2D eigenvalue weighted by Gasteiger charge is 2.16. The third-order valence-corrected chi connectivity index (χ3v) is 2.04. The molecule has 1 aromatic rings. The highest BCUT2D eigenvalue weighted by Crippen LogP contribution is 2.14. The van der Waals surface area contributed by atoms with Gasteiger partial charge in [-0.15, -0.1) is 0 Å². The Labute approximate surface area is 90.7 Å². The minimum Gasteiger partial charge on any atom is -0.326 e. The van der Waals surface area contributed by atoms with E-state index in [0.717, 1.165) is 11.3 Å². The quantitative estimate of drug-likeness (QED) is 0.795. The number of carbonyl (C=O) groups is 1. The van der Waals surface area contributed by atoms with Crippen molar-refractivity contribution in [3.8, 4) is 0 Å². The Kier molecular flexibility index (Phi) is 3.48. The third-order valence-electron chi connectivity index (χ3n) is 2.04. The summed E-state index contributed by atoms with van der Waals surface area (Å²) in [4.78, 5) is 11.6. The summed E-state index contributed by atoms with van der Waals surface area (Å²) in [6.45, 7) is 5.64. The molecule has 3 heteroatoms. The van der Waals surface area contributed by atoms with E-state index in [1.807, 2.05) is 45.0 Å². The highest BCUT2D eigenvalue weighted by molar-refractivity contribution is 5.92. The van der Waals surface area contributed by atoms with Gasteiger partial charge in [0, 0.05) is 17.6 Å². The Morgan fingerprint density at radius 2 is 2.00 bits per heavy atom. The molecule has 0 aliphatic carbocycles. The van der Waals surface area contributed by atoms with E-state index in [9.17, 15) is 4.79 Å². The van der Waals surface area contributed by atoms with E-state index in [2.05, 4.69) is 5.32 Å². The van der Waals surface area contributed by atoms with Crippen LogP contribution in [0.15, 0.2) is 24.3 Å². The van der Waals surface area contributed by atoms with E-state index in [0.29, 0.717) is 6.42 Å². The lowest BCUT2D eigenvalue weighted by Gasteiger charge is -2.18. The molecule has 3 nitrogen and oxygen atoms in total. The second-order valence-corrected chi connectivity index (χ2v) is 4.53. The van der Waals surface area contributed by atoms with Crippen LogP contribution < -0.4 is 11.1 Å². The first-order valence-electron chi connectivity index (χ1n) is 5.03. The Bertz CT molecular complexity index is 353. The number of amides is 1. The van der Waals surface area contributed by atoms with E-state index in [1.165, 1.54) is 0 Å². The summed E-state index contributed by atoms with van der Waals surface area (Å²) in [5.41, 5.74) is 7.21. The summed E-state index contributed by atoms with van der Waals surface area (Å²) in [7, 11) is 0. The number of carbonyl (C=O) groups excluding carboxylic acids is 1. The van der Waals surface area contributed by atoms with Crippen LogP contribution in [0.4, 0.5) is 5.69 Å². The van der Waals surface area contributed by atoms with Crippen molar-refractivity contribution in [2.24, 2.45) is 5.73 Å². The molecule has 82 valence electrons. The first-order chi connectivity index (χ1) is 6.88. The molecule has 0 heterocycles. The Morgan fingerprint density at radius 3 is 2.53 bits per heavy atom. The van der Waals surface area contributed by atoms with Gasteiger partial charge in [0.1, 0.15) is 0 Å². The minimum atomic E-state index is -0.466. The van der Waals surface area contributed by atoms with Crippen molar-refractivity contribution in [1.29, 1.82) is 0 Å². The van der Waals surface area contributed by atoms with Gasteiger partial charge in [-0.2, -0.15) is 0 Å². The largest absolute Gasteiger partial charge is 0.326 e. The summed E-state index contributed by atoms with van der Waals surface area (Å²) in [6, 6.07) is 7.69. The summed E-state index contributed by atoms with van der Waals surface area (Å²) in [5, 5.41) is 2.85. The van der Waals surface area contributed by atoms with Crippen molar-refractivity contribution in [3.05, 3.63) is 29.8 Å². The number of nitrogens with two attached hydrogens (primary N) is 1. The fraction of sp³-hybridized carbons (Fsp3) is 0.417. The van der Waals surface area contributed by atoms with Gasteiger partial charge in [0.25, 0.3) is 0 Å². The second-order valence-electron chi connectivity index (χ2n) is 4.53. The molecule has 1 aromatic carbocycles. The van der Waals surface area contributed by atoms with Gasteiger partial charge in [0.2, 0.25) is 5.91 Å². The molecule has 0 spiro atoms. The summed E-state index contributed by atoms with van der Waals surface area (Å²) in [5.74, 6) is -0.0446. The fourth-order valence-corrected chi connectivity index (χ4v) is 1.32. The molecule has 0 fully saturated rings. The average Bonchev–Trinajstić information content (AvgIpc) is 2.05. The zero-order valence-corrected chi connectivity index (χ0v) is 9.50. The monoisotopic (exact) mass is 206 g/mol. The third kappa shape index (κ3) is 4.13. The molecule has 0 unspecified atom stereocenters. The molecule has 0 aliphatic heterocycles. The molecule has 0 bridgehead atoms. The molecule has 0 aliphatic rings. The molecule has 3 N–H and O–H groups in total. The number of hydrogen-bond donors (Lipinski definition) is 2. The Balaban J connectivity index is 2.64. The van der Waals surface area contributed by atoms with Gasteiger partial charge in [-0.3, -0.25) is 4.79 Å². The van der Waals surface area contributed by atoms with Crippen LogP contribution in [-0.2, 0) is 4.79 Å². The smallest absolute Gasteiger partial charge is 0.226 e. The van der Waals surface area contributed by atoms with Crippen LogP contribution in [0.1, 0.15) is 25.8 Å². The number of anilines is 1. The maximum atomic E-state index is 11.6. The summed E-state index contributed by atoms with van der Waals surface area (Å²) in [6.07, 6.45) is 0.321. The molecule has 0 atom stereocenters. The number of hydrogen-bond acceptors (Lipinski definition) is 2. The first kappa shape index (κ1) is 11.7. The lowest BCUT2D eigenvalue weighted by molar-refractivity contribution is -0.117. The van der Waals surface area contributed by atoms with Gasteiger partial charge in [-0.05, 0) is 32.4 Å². The molecule has 0 aromatic heterocycles. The Hall–Kier alpha value is -1.35. The van der Waals surface area contributed by atoms with Crippen LogP contribution in [0.25, 0.3) is 0 Å². The molecule has 0 radical (unpaired) electrons. The highest BCUT2D eigenvalue weighted by atomic mass is 16.1. The van der Waals surface area contributed by atoms with Crippen LogP contribution in [0.5, 0.6) is 0 Å². The number of nitrogens with one attached hydrogen (secondary N) is 1. The van der Waals surface area contributed by atoms with Crippen LogP contribution >= 0.6 is 0 Å². The maximum absolute atomic E-state index is 11.6.